The minimum absolute atomic E-state index is 0.136. The third-order valence-electron chi connectivity index (χ3n) is 2.69. The highest BCUT2D eigenvalue weighted by atomic mass is 16.2. The van der Waals surface area contributed by atoms with Gasteiger partial charge in [-0.25, -0.2) is 0 Å². The van der Waals surface area contributed by atoms with Crippen LogP contribution in [-0.4, -0.2) is 47.3 Å². The van der Waals surface area contributed by atoms with Gasteiger partial charge in [-0.15, -0.1) is 0 Å². The van der Waals surface area contributed by atoms with E-state index in [-0.39, 0.29) is 18.0 Å². The van der Waals surface area contributed by atoms with E-state index in [1.807, 2.05) is 25.7 Å². The molecule has 1 aliphatic rings. The highest BCUT2D eigenvalue weighted by Crippen LogP contribution is 2.15. The fourth-order valence-electron chi connectivity index (χ4n) is 2.12. The van der Waals surface area contributed by atoms with E-state index in [9.17, 15) is 9.59 Å². The second-order valence-electron chi connectivity index (χ2n) is 3.91. The molecule has 1 aliphatic heterocycles. The molecule has 0 bridgehead atoms. The minimum Gasteiger partial charge on any atom is -0.341 e. The van der Waals surface area contributed by atoms with Crippen LogP contribution in [0.4, 0.5) is 0 Å². The Hall–Kier alpha value is -1.06. The zero-order valence-corrected chi connectivity index (χ0v) is 9.06. The number of rotatable bonds is 2. The van der Waals surface area contributed by atoms with Crippen molar-refractivity contribution in [3.05, 3.63) is 0 Å². The van der Waals surface area contributed by atoms with Gasteiger partial charge in [0.15, 0.2) is 0 Å². The van der Waals surface area contributed by atoms with Gasteiger partial charge in [-0.3, -0.25) is 9.59 Å². The van der Waals surface area contributed by atoms with Crippen LogP contribution in [0, 0.1) is 0 Å². The molecule has 2 amide bonds. The number of piperazine rings is 1. The minimum atomic E-state index is 0.136. The van der Waals surface area contributed by atoms with Crippen LogP contribution in [-0.2, 0) is 9.59 Å². The molecule has 0 N–H and O–H groups in total. The maximum atomic E-state index is 11.6. The van der Waals surface area contributed by atoms with Gasteiger partial charge in [-0.2, -0.15) is 0 Å². The first-order valence-electron chi connectivity index (χ1n) is 5.10. The molecule has 0 spiro atoms. The van der Waals surface area contributed by atoms with Gasteiger partial charge >= 0.3 is 0 Å². The van der Waals surface area contributed by atoms with Crippen molar-refractivity contribution in [3.63, 3.8) is 0 Å². The molecular formula is C10H18N2O2. The highest BCUT2D eigenvalue weighted by Gasteiger charge is 2.31. The van der Waals surface area contributed by atoms with E-state index in [0.29, 0.717) is 19.5 Å². The molecule has 4 heteroatoms. The predicted octanol–water partition coefficient (Wildman–Crippen LogP) is 0.474. The molecule has 0 radical (unpaired) electrons. The first-order valence-corrected chi connectivity index (χ1v) is 5.10. The van der Waals surface area contributed by atoms with Crippen LogP contribution in [0.3, 0.4) is 0 Å². The Bertz CT molecular complexity index is 218. The summed E-state index contributed by atoms with van der Waals surface area (Å²) in [5, 5.41) is 0. The van der Waals surface area contributed by atoms with Gasteiger partial charge in [0.05, 0.1) is 0 Å². The first-order chi connectivity index (χ1) is 6.60. The molecule has 0 saturated carbocycles. The lowest BCUT2D eigenvalue weighted by Crippen LogP contribution is -2.58. The van der Waals surface area contributed by atoms with Gasteiger partial charge in [-0.05, 0) is 13.8 Å². The van der Waals surface area contributed by atoms with Crippen LogP contribution < -0.4 is 0 Å². The van der Waals surface area contributed by atoms with E-state index >= 15 is 0 Å². The van der Waals surface area contributed by atoms with Crippen molar-refractivity contribution < 1.29 is 9.59 Å². The number of hydrogen-bond acceptors (Lipinski definition) is 2. The normalized spacial score (nSPS) is 27.6. The monoisotopic (exact) mass is 198 g/mol. The number of amides is 2. The summed E-state index contributed by atoms with van der Waals surface area (Å²) in [5.41, 5.74) is 0. The summed E-state index contributed by atoms with van der Waals surface area (Å²) in [6.07, 6.45) is 1.40. The van der Waals surface area contributed by atoms with E-state index in [0.717, 1.165) is 6.41 Å². The first kappa shape index (κ1) is 11.0. The molecule has 0 aromatic carbocycles. The number of hydrogen-bond donors (Lipinski definition) is 0. The van der Waals surface area contributed by atoms with E-state index in [2.05, 4.69) is 0 Å². The van der Waals surface area contributed by atoms with Gasteiger partial charge in [0.25, 0.3) is 0 Å². The average Bonchev–Trinajstić information content (AvgIpc) is 2.16. The maximum absolute atomic E-state index is 11.6. The van der Waals surface area contributed by atoms with Crippen molar-refractivity contribution in [2.24, 2.45) is 0 Å². The molecule has 1 heterocycles. The Balaban J connectivity index is 2.69. The molecule has 4 nitrogen and oxygen atoms in total. The summed E-state index contributed by atoms with van der Waals surface area (Å²) >= 11 is 0. The molecular weight excluding hydrogens is 180 g/mol. The van der Waals surface area contributed by atoms with Crippen molar-refractivity contribution in [2.75, 3.05) is 13.1 Å². The van der Waals surface area contributed by atoms with Crippen LogP contribution in [0.2, 0.25) is 0 Å². The fraction of sp³-hybridized carbons (Fsp3) is 0.800. The summed E-state index contributed by atoms with van der Waals surface area (Å²) in [6.45, 7) is 7.15. The van der Waals surface area contributed by atoms with Crippen molar-refractivity contribution in [2.45, 2.75) is 39.3 Å². The van der Waals surface area contributed by atoms with E-state index < -0.39 is 0 Å². The number of carbonyl (C=O) groups excluding carboxylic acids is 2. The zero-order chi connectivity index (χ0) is 10.7. The number of nitrogens with zero attached hydrogens (tertiary/aromatic N) is 2. The van der Waals surface area contributed by atoms with Gasteiger partial charge in [0, 0.05) is 31.6 Å². The summed E-state index contributed by atoms with van der Waals surface area (Å²) in [6, 6.07) is 0.271. The summed E-state index contributed by atoms with van der Waals surface area (Å²) in [5.74, 6) is 0.176. The highest BCUT2D eigenvalue weighted by molar-refractivity contribution is 5.76. The Kier molecular flexibility index (Phi) is 3.49. The Morgan fingerprint density at radius 3 is 2.21 bits per heavy atom. The van der Waals surface area contributed by atoms with Gasteiger partial charge < -0.3 is 9.80 Å². The molecule has 14 heavy (non-hydrogen) atoms. The fourth-order valence-corrected chi connectivity index (χ4v) is 2.12. The largest absolute Gasteiger partial charge is 0.341 e. The topological polar surface area (TPSA) is 40.6 Å². The Morgan fingerprint density at radius 1 is 1.36 bits per heavy atom. The maximum Gasteiger partial charge on any atom is 0.222 e. The Morgan fingerprint density at radius 2 is 1.86 bits per heavy atom. The van der Waals surface area contributed by atoms with Crippen molar-refractivity contribution in [3.8, 4) is 0 Å². The second kappa shape index (κ2) is 4.44. The van der Waals surface area contributed by atoms with Crippen LogP contribution >= 0.6 is 0 Å². The van der Waals surface area contributed by atoms with E-state index in [1.165, 1.54) is 0 Å². The van der Waals surface area contributed by atoms with Crippen LogP contribution in [0.5, 0.6) is 0 Å². The van der Waals surface area contributed by atoms with Crippen molar-refractivity contribution in [1.82, 2.24) is 9.80 Å². The molecule has 2 atom stereocenters. The second-order valence-corrected chi connectivity index (χ2v) is 3.91. The molecule has 1 rings (SSSR count). The lowest BCUT2D eigenvalue weighted by atomic mass is 10.1. The molecule has 1 saturated heterocycles. The van der Waals surface area contributed by atoms with Crippen LogP contribution in [0.15, 0.2) is 0 Å². The van der Waals surface area contributed by atoms with Crippen molar-refractivity contribution >= 4 is 12.3 Å². The summed E-state index contributed by atoms with van der Waals surface area (Å²) in [7, 11) is 0. The molecule has 0 aromatic rings. The third-order valence-corrected chi connectivity index (χ3v) is 2.69. The quantitative estimate of drug-likeness (QED) is 0.605. The molecule has 0 aromatic heterocycles. The van der Waals surface area contributed by atoms with Crippen LogP contribution in [0.25, 0.3) is 0 Å². The van der Waals surface area contributed by atoms with E-state index in [1.54, 1.807) is 4.90 Å². The van der Waals surface area contributed by atoms with E-state index in [4.69, 9.17) is 0 Å². The molecule has 2 unspecified atom stereocenters. The SMILES string of the molecule is CCC(=O)N1C(C)CN(C=O)CC1C. The standard InChI is InChI=1S/C10H18N2O2/c1-4-10(14)12-8(2)5-11(7-13)6-9(12)3/h7-9H,4-6H2,1-3H3. The molecule has 0 aliphatic carbocycles. The summed E-state index contributed by atoms with van der Waals surface area (Å²) < 4.78 is 0. The van der Waals surface area contributed by atoms with Gasteiger partial charge in [0.1, 0.15) is 0 Å². The average molecular weight is 198 g/mol. The Labute approximate surface area is 84.9 Å². The third kappa shape index (κ3) is 2.05. The van der Waals surface area contributed by atoms with Gasteiger partial charge in [-0.1, -0.05) is 6.92 Å². The molecule has 80 valence electrons. The van der Waals surface area contributed by atoms with Crippen LogP contribution in [0.1, 0.15) is 27.2 Å². The van der Waals surface area contributed by atoms with Crippen molar-refractivity contribution in [1.29, 1.82) is 0 Å². The lowest BCUT2D eigenvalue weighted by molar-refractivity contribution is -0.141. The summed E-state index contributed by atoms with van der Waals surface area (Å²) in [4.78, 5) is 25.8. The predicted molar refractivity (Wildman–Crippen MR) is 53.7 cm³/mol. The smallest absolute Gasteiger partial charge is 0.222 e. The lowest BCUT2D eigenvalue weighted by Gasteiger charge is -2.43. The molecule has 1 fully saturated rings. The number of carbonyl (C=O) groups is 2. The zero-order valence-electron chi connectivity index (χ0n) is 9.06. The van der Waals surface area contributed by atoms with Gasteiger partial charge in [0.2, 0.25) is 12.3 Å².